The minimum absolute atomic E-state index is 0.00935. The molecule has 2 aliphatic heterocycles. The first-order valence-corrected chi connectivity index (χ1v) is 10.7. The summed E-state index contributed by atoms with van der Waals surface area (Å²) in [5.41, 5.74) is 3.33. The lowest BCUT2D eigenvalue weighted by Gasteiger charge is -2.38. The first-order valence-electron chi connectivity index (χ1n) is 10.7. The number of fused-ring (bicyclic) bond motifs is 2. The average molecular weight is 457 g/mol. The number of hydrogen-bond acceptors (Lipinski definition) is 6. The maximum absolute atomic E-state index is 13.2. The van der Waals surface area contributed by atoms with Gasteiger partial charge in [-0.2, -0.15) is 13.2 Å². The van der Waals surface area contributed by atoms with Crippen molar-refractivity contribution in [3.63, 3.8) is 0 Å². The Hall–Kier alpha value is -3.50. The number of nitrogens with zero attached hydrogens (tertiary/aromatic N) is 7. The van der Waals surface area contributed by atoms with E-state index in [1.54, 1.807) is 11.1 Å². The normalized spacial score (nSPS) is 19.2. The minimum Gasteiger partial charge on any atom is -0.367 e. The van der Waals surface area contributed by atoms with Gasteiger partial charge in [0.1, 0.15) is 0 Å². The van der Waals surface area contributed by atoms with E-state index in [1.807, 2.05) is 25.1 Å². The molecule has 3 aromatic rings. The highest BCUT2D eigenvalue weighted by atomic mass is 19.4. The summed E-state index contributed by atoms with van der Waals surface area (Å²) in [4.78, 5) is 25.8. The molecule has 5 rings (SSSR count). The number of hydrogen-bond donors (Lipinski definition) is 0. The molecule has 0 saturated carbocycles. The van der Waals surface area contributed by atoms with Crippen LogP contribution in [0.5, 0.6) is 0 Å². The van der Waals surface area contributed by atoms with Crippen LogP contribution in [0.25, 0.3) is 11.0 Å². The van der Waals surface area contributed by atoms with E-state index >= 15 is 0 Å². The lowest BCUT2D eigenvalue weighted by atomic mass is 9.90. The quantitative estimate of drug-likeness (QED) is 0.551. The lowest BCUT2D eigenvalue weighted by molar-refractivity contribution is -0.148. The van der Waals surface area contributed by atoms with Gasteiger partial charge >= 0.3 is 6.18 Å². The van der Waals surface area contributed by atoms with E-state index in [4.69, 9.17) is 0 Å². The van der Waals surface area contributed by atoms with Crippen LogP contribution < -0.4 is 4.90 Å². The molecule has 1 amide bonds. The second kappa shape index (κ2) is 7.82. The van der Waals surface area contributed by atoms with E-state index in [0.717, 1.165) is 26.9 Å². The highest BCUT2D eigenvalue weighted by Gasteiger charge is 2.41. The molecule has 172 valence electrons. The molecule has 1 fully saturated rings. The van der Waals surface area contributed by atoms with Gasteiger partial charge in [0.05, 0.1) is 12.5 Å². The van der Waals surface area contributed by atoms with Crippen LogP contribution in [0.15, 0.2) is 36.5 Å². The van der Waals surface area contributed by atoms with Crippen LogP contribution in [0.3, 0.4) is 0 Å². The van der Waals surface area contributed by atoms with Gasteiger partial charge in [-0.1, -0.05) is 6.58 Å². The van der Waals surface area contributed by atoms with Gasteiger partial charge in [0.2, 0.25) is 11.7 Å². The first kappa shape index (κ1) is 21.4. The lowest BCUT2D eigenvalue weighted by Crippen LogP contribution is -2.46. The smallest absolute Gasteiger partial charge is 0.367 e. The molecule has 0 bridgehead atoms. The van der Waals surface area contributed by atoms with Crippen molar-refractivity contribution in [2.45, 2.75) is 32.6 Å². The van der Waals surface area contributed by atoms with Gasteiger partial charge in [0, 0.05) is 49.1 Å². The molecule has 0 spiro atoms. The molecule has 0 N–H and O–H groups in total. The molecule has 8 nitrogen and oxygen atoms in total. The van der Waals surface area contributed by atoms with Crippen LogP contribution in [0.1, 0.15) is 23.8 Å². The first-order chi connectivity index (χ1) is 15.7. The van der Waals surface area contributed by atoms with Crippen molar-refractivity contribution in [1.29, 1.82) is 0 Å². The van der Waals surface area contributed by atoms with E-state index in [9.17, 15) is 18.0 Å². The highest BCUT2D eigenvalue weighted by Crippen LogP contribution is 2.33. The number of rotatable bonds is 2. The number of piperidine rings is 1. The number of pyridine rings is 2. The van der Waals surface area contributed by atoms with Gasteiger partial charge in [-0.25, -0.2) is 9.97 Å². The second-order valence-electron chi connectivity index (χ2n) is 8.42. The Kier molecular flexibility index (Phi) is 5.06. The summed E-state index contributed by atoms with van der Waals surface area (Å²) in [6.45, 7) is 7.43. The van der Waals surface area contributed by atoms with Gasteiger partial charge in [0.15, 0.2) is 11.5 Å². The fraction of sp³-hybridized carbons (Fsp3) is 0.409. The largest absolute Gasteiger partial charge is 0.451 e. The van der Waals surface area contributed by atoms with E-state index in [-0.39, 0.29) is 37.3 Å². The molecule has 11 heteroatoms. The van der Waals surface area contributed by atoms with E-state index in [1.165, 1.54) is 0 Å². The summed E-state index contributed by atoms with van der Waals surface area (Å²) in [6.07, 6.45) is -2.27. The van der Waals surface area contributed by atoms with Gasteiger partial charge < -0.3 is 14.4 Å². The molecule has 0 aliphatic carbocycles. The zero-order valence-electron chi connectivity index (χ0n) is 18.0. The Labute approximate surface area is 187 Å². The fourth-order valence-electron chi connectivity index (χ4n) is 4.59. The summed E-state index contributed by atoms with van der Waals surface area (Å²) in [7, 11) is 0. The average Bonchev–Trinajstić information content (AvgIpc) is 3.22. The third kappa shape index (κ3) is 3.81. The number of halogens is 3. The zero-order chi connectivity index (χ0) is 23.3. The Morgan fingerprint density at radius 3 is 2.70 bits per heavy atom. The van der Waals surface area contributed by atoms with E-state index in [2.05, 4.69) is 31.6 Å². The third-order valence-electron chi connectivity index (χ3n) is 6.25. The Bertz CT molecular complexity index is 1250. The number of carbonyl (C=O) groups is 1. The van der Waals surface area contributed by atoms with Gasteiger partial charge in [0.25, 0.3) is 0 Å². The van der Waals surface area contributed by atoms with Crippen molar-refractivity contribution in [2.75, 3.05) is 24.5 Å². The summed E-state index contributed by atoms with van der Waals surface area (Å²) in [6, 6.07) is 5.88. The maximum Gasteiger partial charge on any atom is 0.451 e. The molecule has 1 atom stereocenters. The van der Waals surface area contributed by atoms with Crippen molar-refractivity contribution in [3.8, 4) is 0 Å². The van der Waals surface area contributed by atoms with Crippen molar-refractivity contribution in [1.82, 2.24) is 29.6 Å². The zero-order valence-corrected chi connectivity index (χ0v) is 18.0. The van der Waals surface area contributed by atoms with Gasteiger partial charge in [-0.15, -0.1) is 10.2 Å². The van der Waals surface area contributed by atoms with E-state index in [0.29, 0.717) is 25.2 Å². The van der Waals surface area contributed by atoms with Gasteiger partial charge in [-0.3, -0.25) is 4.79 Å². The SMILES string of the molecule is C=C1CN(c2ccnc3nc(C)ccc23)CC[C@@H]1C(=O)N1CCn2c(nnc2C(F)(F)F)C1. The van der Waals surface area contributed by atoms with Crippen LogP contribution >= 0.6 is 0 Å². The van der Waals surface area contributed by atoms with Crippen molar-refractivity contribution < 1.29 is 18.0 Å². The van der Waals surface area contributed by atoms with Gasteiger partial charge in [-0.05, 0) is 37.1 Å². The third-order valence-corrected chi connectivity index (χ3v) is 6.25. The Balaban J connectivity index is 1.30. The van der Waals surface area contributed by atoms with Crippen LogP contribution in [0.2, 0.25) is 0 Å². The molecular weight excluding hydrogens is 435 g/mol. The summed E-state index contributed by atoms with van der Waals surface area (Å²) in [5.74, 6) is -1.38. The Morgan fingerprint density at radius 2 is 1.94 bits per heavy atom. The van der Waals surface area contributed by atoms with E-state index < -0.39 is 12.0 Å². The predicted molar refractivity (Wildman–Crippen MR) is 114 cm³/mol. The molecule has 0 radical (unpaired) electrons. The number of carbonyl (C=O) groups excluding carboxylic acids is 1. The number of amides is 1. The Morgan fingerprint density at radius 1 is 1.12 bits per heavy atom. The number of aryl methyl sites for hydroxylation is 1. The molecule has 0 aromatic carbocycles. The minimum atomic E-state index is -4.57. The number of anilines is 1. The van der Waals surface area contributed by atoms with Crippen LogP contribution in [-0.2, 0) is 24.1 Å². The highest BCUT2D eigenvalue weighted by molar-refractivity contribution is 5.90. The number of aromatic nitrogens is 5. The van der Waals surface area contributed by atoms with Crippen molar-refractivity contribution in [3.05, 3.63) is 53.9 Å². The van der Waals surface area contributed by atoms with Crippen LogP contribution in [0.4, 0.5) is 18.9 Å². The molecule has 5 heterocycles. The van der Waals surface area contributed by atoms with Crippen LogP contribution in [-0.4, -0.2) is 55.2 Å². The standard InChI is InChI=1S/C22H22F3N7O/c1-13-11-30(17-5-7-26-19-16(17)4-3-14(2)27-19)8-6-15(13)20(33)31-9-10-32-18(12-31)28-29-21(32)22(23,24)25/h3-5,7,15H,1,6,8-12H2,2H3/t15-/m0/s1. The molecule has 1 saturated heterocycles. The monoisotopic (exact) mass is 457 g/mol. The van der Waals surface area contributed by atoms with Crippen LogP contribution in [0, 0.1) is 12.8 Å². The predicted octanol–water partition coefficient (Wildman–Crippen LogP) is 2.97. The summed E-state index contributed by atoms with van der Waals surface area (Å²) >= 11 is 0. The maximum atomic E-state index is 13.2. The summed E-state index contributed by atoms with van der Waals surface area (Å²) < 4.78 is 40.3. The molecule has 0 unspecified atom stereocenters. The number of alkyl halides is 3. The molecule has 2 aliphatic rings. The molecular formula is C22H22F3N7O. The topological polar surface area (TPSA) is 80.0 Å². The van der Waals surface area contributed by atoms with Crippen molar-refractivity contribution in [2.24, 2.45) is 5.92 Å². The second-order valence-corrected chi connectivity index (χ2v) is 8.42. The summed E-state index contributed by atoms with van der Waals surface area (Å²) in [5, 5.41) is 7.88. The molecule has 33 heavy (non-hydrogen) atoms. The molecule has 3 aromatic heterocycles. The van der Waals surface area contributed by atoms with Crippen molar-refractivity contribution >= 4 is 22.6 Å². The fourth-order valence-corrected chi connectivity index (χ4v) is 4.59.